The molecule has 3 heteroatoms. The van der Waals surface area contributed by atoms with E-state index in [4.69, 9.17) is 4.74 Å². The molecule has 18 heavy (non-hydrogen) atoms. The second kappa shape index (κ2) is 4.68. The minimum absolute atomic E-state index is 0.00516. The fraction of sp³-hybridized carbons (Fsp3) is 0.800. The van der Waals surface area contributed by atoms with Gasteiger partial charge in [0.25, 0.3) is 0 Å². The summed E-state index contributed by atoms with van der Waals surface area (Å²) in [4.78, 5) is 11.9. The van der Waals surface area contributed by atoms with Gasteiger partial charge < -0.3 is 4.74 Å². The van der Waals surface area contributed by atoms with E-state index in [-0.39, 0.29) is 22.9 Å². The van der Waals surface area contributed by atoms with Crippen molar-refractivity contribution in [3.8, 4) is 0 Å². The number of ketones is 1. The van der Waals surface area contributed by atoms with Crippen LogP contribution in [0.1, 0.15) is 46.0 Å². The Labute approximate surface area is 114 Å². The van der Waals surface area contributed by atoms with Crippen molar-refractivity contribution in [3.63, 3.8) is 0 Å². The van der Waals surface area contributed by atoms with Crippen molar-refractivity contribution in [3.05, 3.63) is 12.2 Å². The Bertz CT molecular complexity index is 373. The van der Waals surface area contributed by atoms with Crippen molar-refractivity contribution < 1.29 is 9.53 Å². The average molecular weight is 266 g/mol. The molecule has 0 spiro atoms. The van der Waals surface area contributed by atoms with Gasteiger partial charge >= 0.3 is 0 Å². The maximum atomic E-state index is 12.3. The topological polar surface area (TPSA) is 26.3 Å². The standard InChI is InChI=1S/C15H22O2S/c1-10-13-8-9-15(17-13,11(2)14(10)16)18-12-6-4-3-5-7-12/h8-13H,3-7H2,1-2H3/t10-,11-,13-,15+/m1/s1. The molecule has 2 bridgehead atoms. The Hall–Kier alpha value is -0.280. The summed E-state index contributed by atoms with van der Waals surface area (Å²) in [7, 11) is 0. The third kappa shape index (κ3) is 1.96. The van der Waals surface area contributed by atoms with E-state index < -0.39 is 0 Å². The van der Waals surface area contributed by atoms with E-state index in [1.165, 1.54) is 32.1 Å². The molecule has 0 aromatic carbocycles. The zero-order valence-corrected chi connectivity index (χ0v) is 12.0. The second-order valence-corrected chi connectivity index (χ2v) is 7.49. The number of hydrogen-bond donors (Lipinski definition) is 0. The van der Waals surface area contributed by atoms with Gasteiger partial charge in [-0.2, -0.15) is 0 Å². The SMILES string of the molecule is C[C@@H]1C(=O)[C@H](C)[C@H]2C=C[C@@]1(SC1CCCCC1)O2. The van der Waals surface area contributed by atoms with Gasteiger partial charge in [-0.05, 0) is 18.9 Å². The van der Waals surface area contributed by atoms with Crippen LogP contribution < -0.4 is 0 Å². The molecule has 2 heterocycles. The van der Waals surface area contributed by atoms with Crippen molar-refractivity contribution in [2.75, 3.05) is 0 Å². The number of carbonyl (C=O) groups is 1. The van der Waals surface area contributed by atoms with Crippen LogP contribution in [0.25, 0.3) is 0 Å². The maximum absolute atomic E-state index is 12.3. The van der Waals surface area contributed by atoms with Crippen LogP contribution in [-0.2, 0) is 9.53 Å². The lowest BCUT2D eigenvalue weighted by Crippen LogP contribution is -2.49. The van der Waals surface area contributed by atoms with Crippen LogP contribution in [0, 0.1) is 11.8 Å². The summed E-state index contributed by atoms with van der Waals surface area (Å²) in [6.07, 6.45) is 10.9. The molecule has 0 N–H and O–H groups in total. The molecule has 2 nitrogen and oxygen atoms in total. The average Bonchev–Trinajstić information content (AvgIpc) is 2.79. The van der Waals surface area contributed by atoms with Crippen LogP contribution in [-0.4, -0.2) is 22.1 Å². The molecule has 0 unspecified atom stereocenters. The van der Waals surface area contributed by atoms with Crippen molar-refractivity contribution in [1.82, 2.24) is 0 Å². The zero-order valence-electron chi connectivity index (χ0n) is 11.2. The number of rotatable bonds is 2. The molecule has 2 aliphatic heterocycles. The van der Waals surface area contributed by atoms with E-state index in [0.29, 0.717) is 11.0 Å². The largest absolute Gasteiger partial charge is 0.352 e. The molecular formula is C15H22O2S. The van der Waals surface area contributed by atoms with Gasteiger partial charge in [-0.3, -0.25) is 4.79 Å². The summed E-state index contributed by atoms with van der Waals surface area (Å²) in [5, 5.41) is 0.672. The lowest BCUT2D eigenvalue weighted by atomic mass is 9.87. The lowest BCUT2D eigenvalue weighted by Gasteiger charge is -2.42. The van der Waals surface area contributed by atoms with Crippen molar-refractivity contribution >= 4 is 17.5 Å². The van der Waals surface area contributed by atoms with E-state index in [2.05, 4.69) is 12.2 Å². The lowest BCUT2D eigenvalue weighted by molar-refractivity contribution is -0.146. The molecular weight excluding hydrogens is 244 g/mol. The summed E-state index contributed by atoms with van der Waals surface area (Å²) in [6, 6.07) is 0. The molecule has 0 amide bonds. The molecule has 100 valence electrons. The molecule has 0 aromatic heterocycles. The highest BCUT2D eigenvalue weighted by Crippen LogP contribution is 2.51. The van der Waals surface area contributed by atoms with E-state index in [9.17, 15) is 4.79 Å². The van der Waals surface area contributed by atoms with Gasteiger partial charge in [0.2, 0.25) is 0 Å². The molecule has 0 radical (unpaired) electrons. The van der Waals surface area contributed by atoms with Crippen molar-refractivity contribution in [1.29, 1.82) is 0 Å². The quantitative estimate of drug-likeness (QED) is 0.715. The molecule has 1 saturated carbocycles. The van der Waals surface area contributed by atoms with E-state index in [0.717, 1.165) is 0 Å². The Kier molecular flexibility index (Phi) is 3.31. The van der Waals surface area contributed by atoms with Gasteiger partial charge in [0.15, 0.2) is 0 Å². The molecule has 2 fully saturated rings. The highest BCUT2D eigenvalue weighted by Gasteiger charge is 2.53. The summed E-state index contributed by atoms with van der Waals surface area (Å²) >= 11 is 1.91. The van der Waals surface area contributed by atoms with E-state index in [1.54, 1.807) is 0 Å². The van der Waals surface area contributed by atoms with Gasteiger partial charge in [-0.25, -0.2) is 0 Å². The Morgan fingerprint density at radius 3 is 2.72 bits per heavy atom. The third-order valence-corrected chi connectivity index (χ3v) is 6.47. The normalized spacial score (nSPS) is 44.6. The molecule has 4 atom stereocenters. The van der Waals surface area contributed by atoms with Crippen LogP contribution in [0.15, 0.2) is 12.2 Å². The van der Waals surface area contributed by atoms with Crippen LogP contribution in [0.3, 0.4) is 0 Å². The number of Topliss-reactive ketones (excluding diaryl/α,β-unsaturated/α-hetero) is 1. The van der Waals surface area contributed by atoms with E-state index in [1.807, 2.05) is 25.6 Å². The highest BCUT2D eigenvalue weighted by molar-refractivity contribution is 8.01. The first kappa shape index (κ1) is 12.7. The number of carbonyl (C=O) groups excluding carboxylic acids is 1. The fourth-order valence-electron chi connectivity index (χ4n) is 3.40. The molecule has 1 saturated heterocycles. The van der Waals surface area contributed by atoms with E-state index >= 15 is 0 Å². The molecule has 0 aromatic rings. The zero-order chi connectivity index (χ0) is 12.8. The van der Waals surface area contributed by atoms with Crippen LogP contribution >= 0.6 is 11.8 Å². The monoisotopic (exact) mass is 266 g/mol. The first-order valence-corrected chi connectivity index (χ1v) is 8.09. The molecule has 3 rings (SSSR count). The van der Waals surface area contributed by atoms with Gasteiger partial charge in [0.1, 0.15) is 10.7 Å². The number of ether oxygens (including phenoxy) is 1. The molecule has 3 aliphatic rings. The van der Waals surface area contributed by atoms with Gasteiger partial charge in [0, 0.05) is 11.2 Å². The van der Waals surface area contributed by atoms with Gasteiger partial charge in [-0.15, -0.1) is 11.8 Å². The number of hydrogen-bond acceptors (Lipinski definition) is 3. The first-order chi connectivity index (χ1) is 8.62. The van der Waals surface area contributed by atoms with Crippen LogP contribution in [0.5, 0.6) is 0 Å². The van der Waals surface area contributed by atoms with Crippen molar-refractivity contribution in [2.45, 2.75) is 62.2 Å². The summed E-state index contributed by atoms with van der Waals surface area (Å²) in [5.41, 5.74) is 0. The maximum Gasteiger partial charge on any atom is 0.145 e. The van der Waals surface area contributed by atoms with Gasteiger partial charge in [0.05, 0.1) is 12.0 Å². The Morgan fingerprint density at radius 1 is 1.28 bits per heavy atom. The number of thioether (sulfide) groups is 1. The predicted molar refractivity (Wildman–Crippen MR) is 74.5 cm³/mol. The van der Waals surface area contributed by atoms with Crippen molar-refractivity contribution in [2.24, 2.45) is 11.8 Å². The number of fused-ring (bicyclic) bond motifs is 2. The van der Waals surface area contributed by atoms with Crippen LogP contribution in [0.2, 0.25) is 0 Å². The fourth-order valence-corrected chi connectivity index (χ4v) is 5.14. The minimum atomic E-state index is -0.351. The third-order valence-electron chi connectivity index (χ3n) is 4.71. The summed E-state index contributed by atoms with van der Waals surface area (Å²) < 4.78 is 6.21. The smallest absolute Gasteiger partial charge is 0.145 e. The Balaban J connectivity index is 1.77. The minimum Gasteiger partial charge on any atom is -0.352 e. The Morgan fingerprint density at radius 2 is 2.00 bits per heavy atom. The van der Waals surface area contributed by atoms with Crippen LogP contribution in [0.4, 0.5) is 0 Å². The first-order valence-electron chi connectivity index (χ1n) is 7.21. The predicted octanol–water partition coefficient (Wildman–Crippen LogP) is 3.56. The second-order valence-electron chi connectivity index (χ2n) is 5.95. The summed E-state index contributed by atoms with van der Waals surface area (Å²) in [6.45, 7) is 4.04. The summed E-state index contributed by atoms with van der Waals surface area (Å²) in [5.74, 6) is 0.396. The molecule has 1 aliphatic carbocycles. The van der Waals surface area contributed by atoms with Gasteiger partial charge in [-0.1, -0.05) is 39.2 Å². The highest BCUT2D eigenvalue weighted by atomic mass is 32.2.